The van der Waals surface area contributed by atoms with Crippen molar-refractivity contribution >= 4 is 7.37 Å². The van der Waals surface area contributed by atoms with E-state index < -0.39 is 25.1 Å². The summed E-state index contributed by atoms with van der Waals surface area (Å²) in [7, 11) is -5.89. The normalized spacial score (nSPS) is 19.2. The molecule has 0 saturated carbocycles. The predicted molar refractivity (Wildman–Crippen MR) is 31.7 cm³/mol. The molecule has 14 heavy (non-hydrogen) atoms. The molecule has 0 rings (SSSR count). The van der Waals surface area contributed by atoms with Gasteiger partial charge < -0.3 is 4.89 Å². The molecule has 0 spiro atoms. The topological polar surface area (TPSA) is 37.3 Å². The molecule has 0 aromatic heterocycles. The van der Waals surface area contributed by atoms with E-state index in [-0.39, 0.29) is 6.66 Å². The van der Waals surface area contributed by atoms with Crippen LogP contribution in [0.1, 0.15) is 0 Å². The largest absolute Gasteiger partial charge is 0.460 e. The lowest BCUT2D eigenvalue weighted by atomic mass is 10.3. The molecule has 1 unspecified atom stereocenters. The minimum absolute atomic E-state index is 0.271. The first-order valence-electron chi connectivity index (χ1n) is 2.88. The maximum absolute atomic E-state index is 12.2. The predicted octanol–water partition coefficient (Wildman–Crippen LogP) is 2.68. The van der Waals surface area contributed by atoms with Crippen molar-refractivity contribution in [2.45, 2.75) is 17.8 Å². The Labute approximate surface area is 73.2 Å². The second kappa shape index (κ2) is 3.10. The van der Waals surface area contributed by atoms with Crippen molar-refractivity contribution in [3.8, 4) is 0 Å². The lowest BCUT2D eigenvalue weighted by molar-refractivity contribution is -0.334. The van der Waals surface area contributed by atoms with E-state index >= 15 is 0 Å². The van der Waals surface area contributed by atoms with Crippen LogP contribution < -0.4 is 0 Å². The van der Waals surface area contributed by atoms with E-state index in [1.54, 1.807) is 0 Å². The van der Waals surface area contributed by atoms with Gasteiger partial charge in [-0.3, -0.25) is 4.57 Å². The molecular formula is C4H4F7O2P. The third-order valence-electron chi connectivity index (χ3n) is 1.25. The third-order valence-corrected chi connectivity index (χ3v) is 2.58. The lowest BCUT2D eigenvalue weighted by Crippen LogP contribution is -2.51. The summed E-state index contributed by atoms with van der Waals surface area (Å²) in [6, 6.07) is 0. The van der Waals surface area contributed by atoms with Gasteiger partial charge in [-0.2, -0.15) is 30.7 Å². The van der Waals surface area contributed by atoms with Crippen LogP contribution in [0, 0.1) is 0 Å². The van der Waals surface area contributed by atoms with Crippen LogP contribution in [0.3, 0.4) is 0 Å². The first kappa shape index (κ1) is 13.7. The Morgan fingerprint density at radius 2 is 1.29 bits per heavy atom. The van der Waals surface area contributed by atoms with E-state index in [4.69, 9.17) is 4.89 Å². The van der Waals surface area contributed by atoms with Crippen LogP contribution in [0.15, 0.2) is 0 Å². The highest BCUT2D eigenvalue weighted by atomic mass is 31.2. The van der Waals surface area contributed by atoms with Crippen molar-refractivity contribution < 1.29 is 40.2 Å². The van der Waals surface area contributed by atoms with E-state index in [1.165, 1.54) is 0 Å². The van der Waals surface area contributed by atoms with Gasteiger partial charge in [0.25, 0.3) is 7.37 Å². The number of hydrogen-bond donors (Lipinski definition) is 1. The monoisotopic (exact) mass is 248 g/mol. The molecule has 0 radical (unpaired) electrons. The molecule has 1 N–H and O–H groups in total. The summed E-state index contributed by atoms with van der Waals surface area (Å²) in [6.07, 6.45) is -6.58. The molecule has 0 aromatic carbocycles. The van der Waals surface area contributed by atoms with Crippen molar-refractivity contribution in [1.82, 2.24) is 0 Å². The first-order valence-corrected chi connectivity index (χ1v) is 4.98. The summed E-state index contributed by atoms with van der Waals surface area (Å²) < 4.78 is 92.8. The van der Waals surface area contributed by atoms with E-state index in [2.05, 4.69) is 0 Å². The number of hydrogen-bond acceptors (Lipinski definition) is 1. The number of rotatable bonds is 2. The fourth-order valence-electron chi connectivity index (χ4n) is 0.431. The summed E-state index contributed by atoms with van der Waals surface area (Å²) in [4.78, 5) is 8.07. The Bertz CT molecular complexity index is 263. The van der Waals surface area contributed by atoms with Crippen LogP contribution >= 0.6 is 7.37 Å². The van der Waals surface area contributed by atoms with Gasteiger partial charge in [0, 0.05) is 6.66 Å². The quantitative estimate of drug-likeness (QED) is 0.602. The van der Waals surface area contributed by atoms with Gasteiger partial charge >= 0.3 is 17.8 Å². The number of halogens is 7. The molecular weight excluding hydrogens is 244 g/mol. The van der Waals surface area contributed by atoms with Crippen molar-refractivity contribution in [2.24, 2.45) is 0 Å². The maximum Gasteiger partial charge on any atom is 0.460 e. The summed E-state index contributed by atoms with van der Waals surface area (Å²) in [5.74, 6) is -6.53. The Kier molecular flexibility index (Phi) is 3.03. The fraction of sp³-hybridized carbons (Fsp3) is 1.00. The highest BCUT2D eigenvalue weighted by Gasteiger charge is 2.78. The van der Waals surface area contributed by atoms with Gasteiger partial charge in [0.2, 0.25) is 0 Å². The molecule has 86 valence electrons. The molecule has 0 aliphatic heterocycles. The molecule has 0 aliphatic rings. The Balaban J connectivity index is 5.42. The van der Waals surface area contributed by atoms with Gasteiger partial charge in [-0.05, 0) is 0 Å². The van der Waals surface area contributed by atoms with Crippen LogP contribution in [0.5, 0.6) is 0 Å². The summed E-state index contributed by atoms with van der Waals surface area (Å²) >= 11 is 0. The van der Waals surface area contributed by atoms with Crippen molar-refractivity contribution in [2.75, 3.05) is 6.66 Å². The zero-order chi connectivity index (χ0) is 12.0. The highest BCUT2D eigenvalue weighted by molar-refractivity contribution is 7.58. The minimum Gasteiger partial charge on any atom is -0.340 e. The van der Waals surface area contributed by atoms with E-state index in [0.29, 0.717) is 0 Å². The van der Waals surface area contributed by atoms with Crippen LogP contribution in [0.4, 0.5) is 30.7 Å². The Hall–Kier alpha value is -0.300. The average Bonchev–Trinajstić information content (AvgIpc) is 1.81. The molecule has 0 aliphatic carbocycles. The molecule has 10 heteroatoms. The third kappa shape index (κ3) is 1.88. The van der Waals surface area contributed by atoms with Crippen LogP contribution in [0.25, 0.3) is 0 Å². The van der Waals surface area contributed by atoms with Crippen molar-refractivity contribution in [1.29, 1.82) is 0 Å². The van der Waals surface area contributed by atoms with E-state index in [9.17, 15) is 35.3 Å². The van der Waals surface area contributed by atoms with Crippen LogP contribution in [-0.4, -0.2) is 29.3 Å². The maximum atomic E-state index is 12.2. The summed E-state index contributed by atoms with van der Waals surface area (Å²) in [5.41, 5.74) is -6.03. The first-order chi connectivity index (χ1) is 5.75. The van der Waals surface area contributed by atoms with Crippen molar-refractivity contribution in [3.63, 3.8) is 0 Å². The summed E-state index contributed by atoms with van der Waals surface area (Å²) in [5, 5.41) is 0. The molecule has 0 bridgehead atoms. The second-order valence-corrected chi connectivity index (χ2v) is 4.81. The van der Waals surface area contributed by atoms with Crippen LogP contribution in [0.2, 0.25) is 0 Å². The lowest BCUT2D eigenvalue weighted by Gasteiger charge is -2.29. The minimum atomic E-state index is -6.58. The molecule has 2 nitrogen and oxygen atoms in total. The summed E-state index contributed by atoms with van der Waals surface area (Å²) in [6.45, 7) is -0.271. The highest BCUT2D eigenvalue weighted by Crippen LogP contribution is 2.63. The molecule has 1 atom stereocenters. The molecule has 0 heterocycles. The van der Waals surface area contributed by atoms with Gasteiger partial charge in [0.15, 0.2) is 0 Å². The van der Waals surface area contributed by atoms with Gasteiger partial charge in [-0.1, -0.05) is 0 Å². The standard InChI is InChI=1S/C4H4F7O2P/c1-14(12,13)4(10,11)2(5,6)3(7,8)9/h1H3,(H,12,13). The van der Waals surface area contributed by atoms with Gasteiger partial charge in [-0.25, -0.2) is 0 Å². The molecule has 0 aromatic rings. The van der Waals surface area contributed by atoms with Crippen molar-refractivity contribution in [3.05, 3.63) is 0 Å². The Morgan fingerprint density at radius 1 is 1.00 bits per heavy atom. The SMILES string of the molecule is CP(=O)(O)C(F)(F)C(F)(F)C(F)(F)F. The van der Waals surface area contributed by atoms with E-state index in [1.807, 2.05) is 0 Å². The molecule has 0 amide bonds. The van der Waals surface area contributed by atoms with Crippen LogP contribution in [-0.2, 0) is 4.57 Å². The molecule has 0 fully saturated rings. The fourth-order valence-corrected chi connectivity index (χ4v) is 1.08. The van der Waals surface area contributed by atoms with Gasteiger partial charge in [-0.15, -0.1) is 0 Å². The second-order valence-electron chi connectivity index (χ2n) is 2.49. The van der Waals surface area contributed by atoms with Gasteiger partial charge in [0.1, 0.15) is 0 Å². The average molecular weight is 248 g/mol. The zero-order valence-corrected chi connectivity index (χ0v) is 7.34. The van der Waals surface area contributed by atoms with E-state index in [0.717, 1.165) is 0 Å². The molecule has 0 saturated heterocycles. The number of alkyl halides is 7. The smallest absolute Gasteiger partial charge is 0.340 e. The Morgan fingerprint density at radius 3 is 1.36 bits per heavy atom. The zero-order valence-electron chi connectivity index (χ0n) is 6.45. The van der Waals surface area contributed by atoms with Gasteiger partial charge in [0.05, 0.1) is 0 Å².